The van der Waals surface area contributed by atoms with Gasteiger partial charge >= 0.3 is 0 Å². The van der Waals surface area contributed by atoms with Gasteiger partial charge in [-0.05, 0) is 43.7 Å². The van der Waals surface area contributed by atoms with Crippen molar-refractivity contribution in [2.45, 2.75) is 25.2 Å². The van der Waals surface area contributed by atoms with Crippen molar-refractivity contribution in [3.63, 3.8) is 0 Å². The fourth-order valence-electron chi connectivity index (χ4n) is 3.33. The molecule has 1 N–H and O–H groups in total. The summed E-state index contributed by atoms with van der Waals surface area (Å²) in [6, 6.07) is 13.0. The van der Waals surface area contributed by atoms with E-state index in [0.717, 1.165) is 25.6 Å². The second-order valence-electron chi connectivity index (χ2n) is 7.48. The summed E-state index contributed by atoms with van der Waals surface area (Å²) in [6.45, 7) is 3.88. The summed E-state index contributed by atoms with van der Waals surface area (Å²) >= 11 is 9.07. The van der Waals surface area contributed by atoms with Crippen molar-refractivity contribution < 1.29 is 13.2 Å². The minimum atomic E-state index is -3.80. The van der Waals surface area contributed by atoms with Crippen molar-refractivity contribution in [1.82, 2.24) is 9.97 Å². The summed E-state index contributed by atoms with van der Waals surface area (Å²) < 4.78 is 27.1. The van der Waals surface area contributed by atoms with Crippen LogP contribution in [0.4, 0.5) is 10.8 Å². The van der Waals surface area contributed by atoms with Crippen LogP contribution in [0.1, 0.15) is 16.3 Å². The number of para-hydroxylation sites is 1. The molecule has 1 amide bonds. The fourth-order valence-corrected chi connectivity index (χ4v) is 6.53. The summed E-state index contributed by atoms with van der Waals surface area (Å²) in [5.41, 5.74) is 2.78. The number of benzene rings is 2. The van der Waals surface area contributed by atoms with Crippen molar-refractivity contribution in [3.8, 4) is 10.6 Å². The molecule has 0 radical (unpaired) electrons. The zero-order chi connectivity index (χ0) is 24.5. The molecule has 2 aromatic heterocycles. The predicted molar refractivity (Wildman–Crippen MR) is 139 cm³/mol. The number of halogens is 1. The third-order valence-electron chi connectivity index (χ3n) is 5.02. The molecule has 0 atom stereocenters. The van der Waals surface area contributed by atoms with Gasteiger partial charge in [0.1, 0.15) is 0 Å². The maximum Gasteiger partial charge on any atom is 0.264 e. The molecule has 0 aliphatic rings. The number of aryl methyl sites for hydroxylation is 2. The highest BCUT2D eigenvalue weighted by atomic mass is 35.5. The van der Waals surface area contributed by atoms with Gasteiger partial charge in [-0.15, -0.1) is 22.7 Å². The summed E-state index contributed by atoms with van der Waals surface area (Å²) in [5, 5.41) is 6.52. The van der Waals surface area contributed by atoms with Gasteiger partial charge in [0.2, 0.25) is 5.91 Å². The first-order valence-corrected chi connectivity index (χ1v) is 13.7. The Balaban J connectivity index is 1.42. The van der Waals surface area contributed by atoms with E-state index in [4.69, 9.17) is 11.6 Å². The van der Waals surface area contributed by atoms with Crippen LogP contribution in [0.3, 0.4) is 0 Å². The Kier molecular flexibility index (Phi) is 7.04. The highest BCUT2D eigenvalue weighted by Crippen LogP contribution is 2.32. The molecular weight excluding hydrogens is 512 g/mol. The maximum atomic E-state index is 13.0. The summed E-state index contributed by atoms with van der Waals surface area (Å²) in [4.78, 5) is 22.5. The Morgan fingerprint density at radius 3 is 2.44 bits per heavy atom. The molecule has 7 nitrogen and oxygen atoms in total. The smallest absolute Gasteiger partial charge is 0.264 e. The molecule has 4 rings (SSSR count). The molecule has 34 heavy (non-hydrogen) atoms. The minimum absolute atomic E-state index is 0.0916. The lowest BCUT2D eigenvalue weighted by molar-refractivity contribution is -0.115. The first kappa shape index (κ1) is 24.3. The van der Waals surface area contributed by atoms with Crippen LogP contribution in [-0.2, 0) is 21.2 Å². The summed E-state index contributed by atoms with van der Waals surface area (Å²) in [6.07, 6.45) is 0.0916. The van der Waals surface area contributed by atoms with E-state index in [1.807, 2.05) is 19.2 Å². The number of hydrogen-bond donors (Lipinski definition) is 1. The number of sulfonamides is 1. The molecule has 0 bridgehead atoms. The second kappa shape index (κ2) is 9.83. The molecule has 11 heteroatoms. The molecular formula is C23H21ClN4O3S3. The topological polar surface area (TPSA) is 92.3 Å². The third kappa shape index (κ3) is 5.15. The number of anilines is 2. The van der Waals surface area contributed by atoms with Gasteiger partial charge in [0.15, 0.2) is 5.13 Å². The highest BCUT2D eigenvalue weighted by Gasteiger charge is 2.23. The zero-order valence-corrected chi connectivity index (χ0v) is 21.8. The number of nitrogens with zero attached hydrogens (tertiary/aromatic N) is 3. The Hall–Kier alpha value is -2.79. The average molecular weight is 533 g/mol. The lowest BCUT2D eigenvalue weighted by Gasteiger charge is -2.20. The Morgan fingerprint density at radius 2 is 1.79 bits per heavy atom. The van der Waals surface area contributed by atoms with Crippen LogP contribution in [0.5, 0.6) is 0 Å². The molecule has 0 saturated heterocycles. The predicted octanol–water partition coefficient (Wildman–Crippen LogP) is 5.54. The number of amides is 1. The van der Waals surface area contributed by atoms with E-state index in [0.29, 0.717) is 21.4 Å². The van der Waals surface area contributed by atoms with Crippen LogP contribution in [0.2, 0.25) is 5.02 Å². The Labute approximate surface area is 211 Å². The van der Waals surface area contributed by atoms with Crippen molar-refractivity contribution in [2.24, 2.45) is 0 Å². The van der Waals surface area contributed by atoms with E-state index < -0.39 is 10.0 Å². The van der Waals surface area contributed by atoms with Crippen LogP contribution in [0, 0.1) is 13.8 Å². The van der Waals surface area contributed by atoms with E-state index >= 15 is 0 Å². The largest absolute Gasteiger partial charge is 0.302 e. The monoisotopic (exact) mass is 532 g/mol. The minimum Gasteiger partial charge on any atom is -0.302 e. The Bertz CT molecular complexity index is 1450. The van der Waals surface area contributed by atoms with Crippen LogP contribution >= 0.6 is 34.3 Å². The molecule has 0 saturated carbocycles. The number of carbonyl (C=O) groups is 1. The van der Waals surface area contributed by atoms with E-state index in [2.05, 4.69) is 15.3 Å². The molecule has 176 valence electrons. The fraction of sp³-hybridized carbons (Fsp3) is 0.174. The number of nitrogens with one attached hydrogen (secondary N) is 1. The van der Waals surface area contributed by atoms with Gasteiger partial charge in [-0.3, -0.25) is 9.10 Å². The lowest BCUT2D eigenvalue weighted by atomic mass is 10.1. The third-order valence-corrected chi connectivity index (χ3v) is 8.98. The van der Waals surface area contributed by atoms with Gasteiger partial charge < -0.3 is 5.32 Å². The van der Waals surface area contributed by atoms with Crippen LogP contribution in [0.15, 0.2) is 58.8 Å². The standard InChI is InChI=1S/C23H21ClN4O3S3/c1-14-22(33-15(2)25-14)19-13-32-23(26-19)27-21(29)12-16-8-10-17(11-9-16)34(30,31)28(3)20-7-5-4-6-18(20)24/h4-11,13H,12H2,1-3H3,(H,26,27,29). The summed E-state index contributed by atoms with van der Waals surface area (Å²) in [5.74, 6) is -0.234. The first-order valence-electron chi connectivity index (χ1n) is 10.2. The van der Waals surface area contributed by atoms with Gasteiger partial charge in [0, 0.05) is 12.4 Å². The molecule has 4 aromatic rings. The molecule has 0 spiro atoms. The lowest BCUT2D eigenvalue weighted by Crippen LogP contribution is -2.26. The number of thiazole rings is 2. The molecule has 0 fully saturated rings. The zero-order valence-electron chi connectivity index (χ0n) is 18.6. The summed E-state index contributed by atoms with van der Waals surface area (Å²) in [7, 11) is -2.34. The van der Waals surface area contributed by atoms with Crippen LogP contribution in [0.25, 0.3) is 10.6 Å². The SMILES string of the molecule is Cc1nc(C)c(-c2csc(NC(=O)Cc3ccc(S(=O)(=O)N(C)c4ccccc4Cl)cc3)n2)s1. The van der Waals surface area contributed by atoms with E-state index in [1.54, 1.807) is 47.7 Å². The molecule has 2 aromatic carbocycles. The first-order chi connectivity index (χ1) is 16.1. The molecule has 2 heterocycles. The number of rotatable bonds is 7. The van der Waals surface area contributed by atoms with Crippen LogP contribution in [-0.4, -0.2) is 31.3 Å². The Morgan fingerprint density at radius 1 is 1.09 bits per heavy atom. The van der Waals surface area contributed by atoms with Crippen molar-refractivity contribution in [3.05, 3.63) is 75.2 Å². The van der Waals surface area contributed by atoms with E-state index in [1.165, 1.54) is 30.5 Å². The van der Waals surface area contributed by atoms with Gasteiger partial charge in [-0.2, -0.15) is 0 Å². The number of hydrogen-bond acceptors (Lipinski definition) is 7. The van der Waals surface area contributed by atoms with Gasteiger partial charge in [-0.25, -0.2) is 18.4 Å². The number of aromatic nitrogens is 2. The number of carbonyl (C=O) groups excluding carboxylic acids is 1. The molecule has 0 aliphatic heterocycles. The van der Waals surface area contributed by atoms with Crippen molar-refractivity contribution in [2.75, 3.05) is 16.7 Å². The van der Waals surface area contributed by atoms with Crippen molar-refractivity contribution in [1.29, 1.82) is 0 Å². The highest BCUT2D eigenvalue weighted by molar-refractivity contribution is 7.92. The van der Waals surface area contributed by atoms with Crippen molar-refractivity contribution >= 4 is 61.0 Å². The van der Waals surface area contributed by atoms with Crippen LogP contribution < -0.4 is 9.62 Å². The average Bonchev–Trinajstić information content (AvgIpc) is 3.39. The molecule has 0 unspecified atom stereocenters. The van der Waals surface area contributed by atoms with Gasteiger partial charge in [0.05, 0.1) is 43.3 Å². The van der Waals surface area contributed by atoms with E-state index in [9.17, 15) is 13.2 Å². The van der Waals surface area contributed by atoms with Gasteiger partial charge in [-0.1, -0.05) is 35.9 Å². The van der Waals surface area contributed by atoms with Gasteiger partial charge in [0.25, 0.3) is 10.0 Å². The molecule has 0 aliphatic carbocycles. The second-order valence-corrected chi connectivity index (χ2v) is 11.9. The maximum absolute atomic E-state index is 13.0. The van der Waals surface area contributed by atoms with E-state index in [-0.39, 0.29) is 17.2 Å². The quantitative estimate of drug-likeness (QED) is 0.337. The normalized spacial score (nSPS) is 11.4.